The van der Waals surface area contributed by atoms with Crippen molar-refractivity contribution in [3.8, 4) is 0 Å². The van der Waals surface area contributed by atoms with E-state index in [-0.39, 0.29) is 0 Å². The molecule has 1 fully saturated rings. The van der Waals surface area contributed by atoms with Crippen molar-refractivity contribution >= 4 is 0 Å². The smallest absolute Gasteiger partial charge is 0.0140 e. The number of hydrogen-bond acceptors (Lipinski definition) is 0. The van der Waals surface area contributed by atoms with Crippen molar-refractivity contribution in [3.05, 3.63) is 35.4 Å². The second kappa shape index (κ2) is 5.32. The number of nitrogens with one attached hydrogen (secondary N) is 1. The Bertz CT molecular complexity index is 283. The standard InChI is InChI=1S/C14H20N/c15-11-10-12-6-8-14(9-7-12)13-4-2-1-3-5-13/h6-9,13,15H,1-5,10-11H2. The summed E-state index contributed by atoms with van der Waals surface area (Å²) in [6.07, 6.45) is 7.87. The van der Waals surface area contributed by atoms with E-state index >= 15 is 0 Å². The maximum atomic E-state index is 7.19. The molecule has 1 aromatic rings. The Hall–Kier alpha value is -0.820. The first-order valence-electron chi connectivity index (χ1n) is 6.13. The first-order chi connectivity index (χ1) is 7.40. The monoisotopic (exact) mass is 202 g/mol. The zero-order valence-electron chi connectivity index (χ0n) is 9.34. The van der Waals surface area contributed by atoms with Gasteiger partial charge in [-0.3, -0.25) is 5.73 Å². The van der Waals surface area contributed by atoms with Crippen LogP contribution in [0.3, 0.4) is 0 Å². The second-order valence-corrected chi connectivity index (χ2v) is 4.58. The Kier molecular flexibility index (Phi) is 3.79. The molecule has 1 aromatic carbocycles. The van der Waals surface area contributed by atoms with Gasteiger partial charge in [0, 0.05) is 6.54 Å². The van der Waals surface area contributed by atoms with Gasteiger partial charge in [0.1, 0.15) is 0 Å². The van der Waals surface area contributed by atoms with Crippen LogP contribution in [0.15, 0.2) is 24.3 Å². The quantitative estimate of drug-likeness (QED) is 0.715. The molecule has 0 bridgehead atoms. The van der Waals surface area contributed by atoms with Gasteiger partial charge in [0.15, 0.2) is 0 Å². The van der Waals surface area contributed by atoms with Crippen LogP contribution < -0.4 is 5.73 Å². The van der Waals surface area contributed by atoms with Gasteiger partial charge in [-0.15, -0.1) is 0 Å². The van der Waals surface area contributed by atoms with Crippen molar-refractivity contribution < 1.29 is 0 Å². The normalized spacial score (nSPS) is 17.9. The molecule has 0 amide bonds. The van der Waals surface area contributed by atoms with Gasteiger partial charge >= 0.3 is 0 Å². The van der Waals surface area contributed by atoms with Crippen LogP contribution in [0, 0.1) is 0 Å². The average molecular weight is 202 g/mol. The summed E-state index contributed by atoms with van der Waals surface area (Å²) in [5, 5.41) is 0. The molecule has 2 rings (SSSR count). The van der Waals surface area contributed by atoms with Crippen LogP contribution in [0.2, 0.25) is 0 Å². The molecule has 1 radical (unpaired) electrons. The van der Waals surface area contributed by atoms with E-state index in [2.05, 4.69) is 24.3 Å². The lowest BCUT2D eigenvalue weighted by Crippen LogP contribution is -2.04. The molecule has 0 aromatic heterocycles. The predicted molar refractivity (Wildman–Crippen MR) is 63.9 cm³/mol. The molecule has 81 valence electrons. The average Bonchev–Trinajstić information content (AvgIpc) is 2.32. The highest BCUT2D eigenvalue weighted by Crippen LogP contribution is 2.32. The van der Waals surface area contributed by atoms with Gasteiger partial charge in [0.05, 0.1) is 0 Å². The minimum atomic E-state index is 0.503. The zero-order valence-corrected chi connectivity index (χ0v) is 9.34. The first kappa shape index (κ1) is 10.7. The Morgan fingerprint density at radius 2 is 1.67 bits per heavy atom. The van der Waals surface area contributed by atoms with Gasteiger partial charge in [0.25, 0.3) is 0 Å². The Balaban J connectivity index is 2.02. The van der Waals surface area contributed by atoms with E-state index in [0.29, 0.717) is 6.54 Å². The van der Waals surface area contributed by atoms with E-state index in [0.717, 1.165) is 12.3 Å². The lowest BCUT2D eigenvalue weighted by atomic mass is 9.84. The van der Waals surface area contributed by atoms with Crippen LogP contribution in [0.1, 0.15) is 49.1 Å². The van der Waals surface area contributed by atoms with E-state index in [1.54, 1.807) is 0 Å². The third-order valence-corrected chi connectivity index (χ3v) is 3.47. The van der Waals surface area contributed by atoms with Gasteiger partial charge in [0.2, 0.25) is 0 Å². The highest BCUT2D eigenvalue weighted by atomic mass is 14.5. The zero-order chi connectivity index (χ0) is 10.5. The maximum Gasteiger partial charge on any atom is 0.0140 e. The number of hydrogen-bond donors (Lipinski definition) is 0. The number of benzene rings is 1. The molecule has 1 N–H and O–H groups in total. The lowest BCUT2D eigenvalue weighted by Gasteiger charge is -2.22. The fourth-order valence-corrected chi connectivity index (χ4v) is 2.54. The van der Waals surface area contributed by atoms with Crippen LogP contribution in [0.25, 0.3) is 0 Å². The van der Waals surface area contributed by atoms with Crippen molar-refractivity contribution in [2.75, 3.05) is 6.54 Å². The summed E-state index contributed by atoms with van der Waals surface area (Å²) in [6, 6.07) is 8.97. The SMILES string of the molecule is [NH]CCc1ccc(C2CCCCC2)cc1. The predicted octanol–water partition coefficient (Wildman–Crippen LogP) is 3.56. The molecule has 0 saturated heterocycles. The van der Waals surface area contributed by atoms with Crippen LogP contribution in [-0.2, 0) is 6.42 Å². The molecule has 0 spiro atoms. The molecule has 1 nitrogen and oxygen atoms in total. The minimum Gasteiger partial charge on any atom is -0.258 e. The molecule has 0 unspecified atom stereocenters. The minimum absolute atomic E-state index is 0.503. The highest BCUT2D eigenvalue weighted by Gasteiger charge is 2.14. The summed E-state index contributed by atoms with van der Waals surface area (Å²) in [5.41, 5.74) is 10.0. The topological polar surface area (TPSA) is 23.8 Å². The molecule has 0 heterocycles. The highest BCUT2D eigenvalue weighted by molar-refractivity contribution is 5.25. The molecule has 0 atom stereocenters. The van der Waals surface area contributed by atoms with Crippen LogP contribution in [-0.4, -0.2) is 6.54 Å². The molecule has 1 aliphatic rings. The summed E-state index contributed by atoms with van der Waals surface area (Å²) in [7, 11) is 0. The molecule has 1 aliphatic carbocycles. The maximum absolute atomic E-state index is 7.19. The van der Waals surface area contributed by atoms with E-state index in [1.165, 1.54) is 43.2 Å². The summed E-state index contributed by atoms with van der Waals surface area (Å²) in [5.74, 6) is 0.809. The van der Waals surface area contributed by atoms with E-state index in [1.807, 2.05) is 0 Å². The van der Waals surface area contributed by atoms with Crippen LogP contribution >= 0.6 is 0 Å². The molecular formula is C14H20N. The van der Waals surface area contributed by atoms with E-state index in [9.17, 15) is 0 Å². The molecular weight excluding hydrogens is 182 g/mol. The summed E-state index contributed by atoms with van der Waals surface area (Å²) < 4.78 is 0. The molecule has 15 heavy (non-hydrogen) atoms. The van der Waals surface area contributed by atoms with E-state index < -0.39 is 0 Å². The second-order valence-electron chi connectivity index (χ2n) is 4.58. The lowest BCUT2D eigenvalue weighted by molar-refractivity contribution is 0.443. The van der Waals surface area contributed by atoms with Gasteiger partial charge in [-0.1, -0.05) is 43.5 Å². The van der Waals surface area contributed by atoms with Crippen molar-refractivity contribution in [2.24, 2.45) is 0 Å². The van der Waals surface area contributed by atoms with Crippen LogP contribution in [0.5, 0.6) is 0 Å². The Labute approximate surface area is 92.7 Å². The van der Waals surface area contributed by atoms with Crippen molar-refractivity contribution in [2.45, 2.75) is 44.4 Å². The molecule has 0 aliphatic heterocycles. The number of rotatable bonds is 3. The van der Waals surface area contributed by atoms with Gasteiger partial charge < -0.3 is 0 Å². The summed E-state index contributed by atoms with van der Waals surface area (Å²) in [4.78, 5) is 0. The van der Waals surface area contributed by atoms with Gasteiger partial charge in [-0.25, -0.2) is 0 Å². The largest absolute Gasteiger partial charge is 0.258 e. The third kappa shape index (κ3) is 2.82. The first-order valence-corrected chi connectivity index (χ1v) is 6.13. The van der Waals surface area contributed by atoms with Crippen molar-refractivity contribution in [1.29, 1.82) is 0 Å². The van der Waals surface area contributed by atoms with Crippen molar-refractivity contribution in [1.82, 2.24) is 5.73 Å². The van der Waals surface area contributed by atoms with Crippen LogP contribution in [0.4, 0.5) is 0 Å². The van der Waals surface area contributed by atoms with E-state index in [4.69, 9.17) is 5.73 Å². The fourth-order valence-electron chi connectivity index (χ4n) is 2.54. The molecule has 1 heteroatoms. The van der Waals surface area contributed by atoms with Gasteiger partial charge in [-0.05, 0) is 36.3 Å². The Morgan fingerprint density at radius 3 is 2.27 bits per heavy atom. The third-order valence-electron chi connectivity index (χ3n) is 3.47. The molecule has 1 saturated carbocycles. The Morgan fingerprint density at radius 1 is 1.00 bits per heavy atom. The van der Waals surface area contributed by atoms with Crippen molar-refractivity contribution in [3.63, 3.8) is 0 Å². The summed E-state index contributed by atoms with van der Waals surface area (Å²) in [6.45, 7) is 0.503. The summed E-state index contributed by atoms with van der Waals surface area (Å²) >= 11 is 0. The van der Waals surface area contributed by atoms with Gasteiger partial charge in [-0.2, -0.15) is 0 Å². The fraction of sp³-hybridized carbons (Fsp3) is 0.571.